The fraction of sp³-hybridized carbons (Fsp3) is 0.269. The second-order valence-electron chi connectivity index (χ2n) is 8.33. The molecule has 1 amide bonds. The minimum absolute atomic E-state index is 0.0697. The van der Waals surface area contributed by atoms with E-state index in [1.807, 2.05) is 19.1 Å². The number of ether oxygens (including phenoxy) is 3. The molecule has 2 aliphatic rings. The summed E-state index contributed by atoms with van der Waals surface area (Å²) in [6, 6.07) is 17.0. The average molecular weight is 495 g/mol. The standard InChI is InChI=1S/C26H26N2O6S/c1-2-32-22-8-5-18-11-12-28(17-20(18)15-22)26(29)19-3-6-21(7-4-19)27-35(30,31)23-9-10-24-25(16-23)34-14-13-33-24/h3-10,15-16,27H,2,11-14,17H2,1H3. The van der Waals surface area contributed by atoms with Gasteiger partial charge in [0.25, 0.3) is 15.9 Å². The topological polar surface area (TPSA) is 94.2 Å². The van der Waals surface area contributed by atoms with Crippen molar-refractivity contribution < 1.29 is 27.4 Å². The number of benzene rings is 3. The number of carbonyl (C=O) groups excluding carboxylic acids is 1. The Balaban J connectivity index is 1.27. The first-order chi connectivity index (χ1) is 16.9. The molecule has 0 aromatic heterocycles. The van der Waals surface area contributed by atoms with Crippen molar-refractivity contribution in [3.8, 4) is 17.2 Å². The molecule has 0 unspecified atom stereocenters. The molecule has 9 heteroatoms. The molecule has 2 aliphatic heterocycles. The Bertz CT molecular complexity index is 1350. The molecule has 182 valence electrons. The number of carbonyl (C=O) groups is 1. The molecule has 0 saturated heterocycles. The maximum atomic E-state index is 13.1. The molecular formula is C26H26N2O6S. The molecule has 8 nitrogen and oxygen atoms in total. The summed E-state index contributed by atoms with van der Waals surface area (Å²) in [6.07, 6.45) is 0.779. The van der Waals surface area contributed by atoms with Crippen molar-refractivity contribution >= 4 is 21.6 Å². The molecule has 0 radical (unpaired) electrons. The molecule has 3 aromatic carbocycles. The molecule has 0 fully saturated rings. The lowest BCUT2D eigenvalue weighted by atomic mass is 9.99. The minimum atomic E-state index is -3.84. The van der Waals surface area contributed by atoms with E-state index in [9.17, 15) is 13.2 Å². The van der Waals surface area contributed by atoms with Gasteiger partial charge in [-0.15, -0.1) is 0 Å². The Morgan fingerprint density at radius 1 is 0.971 bits per heavy atom. The highest BCUT2D eigenvalue weighted by Gasteiger charge is 2.23. The number of nitrogens with zero attached hydrogens (tertiary/aromatic N) is 1. The quantitative estimate of drug-likeness (QED) is 0.559. The summed E-state index contributed by atoms with van der Waals surface area (Å²) in [6.45, 7) is 4.46. The fourth-order valence-corrected chi connectivity index (χ4v) is 5.31. The first-order valence-electron chi connectivity index (χ1n) is 11.5. The van der Waals surface area contributed by atoms with Gasteiger partial charge in [0.1, 0.15) is 19.0 Å². The number of fused-ring (bicyclic) bond motifs is 2. The van der Waals surface area contributed by atoms with Gasteiger partial charge >= 0.3 is 0 Å². The number of amides is 1. The molecular weight excluding hydrogens is 468 g/mol. The number of nitrogens with one attached hydrogen (secondary N) is 1. The Morgan fingerprint density at radius 3 is 2.51 bits per heavy atom. The lowest BCUT2D eigenvalue weighted by molar-refractivity contribution is 0.0734. The number of hydrogen-bond donors (Lipinski definition) is 1. The van der Waals surface area contributed by atoms with Gasteiger partial charge < -0.3 is 19.1 Å². The maximum Gasteiger partial charge on any atom is 0.262 e. The summed E-state index contributed by atoms with van der Waals surface area (Å²) in [5.41, 5.74) is 3.17. The largest absolute Gasteiger partial charge is 0.494 e. The van der Waals surface area contributed by atoms with Gasteiger partial charge in [0.15, 0.2) is 11.5 Å². The van der Waals surface area contributed by atoms with Gasteiger partial charge in [0, 0.05) is 30.4 Å². The van der Waals surface area contributed by atoms with Crippen LogP contribution < -0.4 is 18.9 Å². The van der Waals surface area contributed by atoms with Gasteiger partial charge in [0.2, 0.25) is 0 Å². The zero-order valence-corrected chi connectivity index (χ0v) is 20.1. The average Bonchev–Trinajstić information content (AvgIpc) is 2.88. The van der Waals surface area contributed by atoms with Crippen LogP contribution in [0.15, 0.2) is 65.6 Å². The molecule has 3 aromatic rings. The summed E-state index contributed by atoms with van der Waals surface area (Å²) >= 11 is 0. The van der Waals surface area contributed by atoms with Crippen molar-refractivity contribution in [3.63, 3.8) is 0 Å². The van der Waals surface area contributed by atoms with Crippen LogP contribution in [0.5, 0.6) is 17.2 Å². The lowest BCUT2D eigenvalue weighted by Crippen LogP contribution is -2.35. The van der Waals surface area contributed by atoms with Crippen LogP contribution in [0.4, 0.5) is 5.69 Å². The monoisotopic (exact) mass is 494 g/mol. The van der Waals surface area contributed by atoms with Crippen LogP contribution in [0.3, 0.4) is 0 Å². The van der Waals surface area contributed by atoms with Crippen LogP contribution in [-0.4, -0.2) is 45.6 Å². The SMILES string of the molecule is CCOc1ccc2c(c1)CN(C(=O)c1ccc(NS(=O)(=O)c3ccc4c(c3)OCCO4)cc1)CC2. The Kier molecular flexibility index (Phi) is 6.25. The fourth-order valence-electron chi connectivity index (χ4n) is 4.23. The van der Waals surface area contributed by atoms with Gasteiger partial charge in [-0.2, -0.15) is 0 Å². The highest BCUT2D eigenvalue weighted by molar-refractivity contribution is 7.92. The third-order valence-electron chi connectivity index (χ3n) is 6.00. The number of sulfonamides is 1. The predicted octanol–water partition coefficient (Wildman–Crippen LogP) is 3.86. The van der Waals surface area contributed by atoms with E-state index >= 15 is 0 Å². The van der Waals surface area contributed by atoms with Crippen molar-refractivity contribution in [2.75, 3.05) is 31.1 Å². The Morgan fingerprint density at radius 2 is 1.74 bits per heavy atom. The molecule has 0 spiro atoms. The summed E-state index contributed by atoms with van der Waals surface area (Å²) in [5, 5.41) is 0. The first kappa shape index (κ1) is 23.0. The number of anilines is 1. The van der Waals surface area contributed by atoms with Crippen LogP contribution in [0.1, 0.15) is 28.4 Å². The van der Waals surface area contributed by atoms with E-state index in [0.717, 1.165) is 17.7 Å². The van der Waals surface area contributed by atoms with Gasteiger partial charge in [0.05, 0.1) is 11.5 Å². The second kappa shape index (κ2) is 9.50. The van der Waals surface area contributed by atoms with E-state index < -0.39 is 10.0 Å². The summed E-state index contributed by atoms with van der Waals surface area (Å²) in [5.74, 6) is 1.62. The van der Waals surface area contributed by atoms with Crippen molar-refractivity contribution in [2.24, 2.45) is 0 Å². The zero-order valence-electron chi connectivity index (χ0n) is 19.3. The third kappa shape index (κ3) is 4.90. The molecule has 0 atom stereocenters. The smallest absolute Gasteiger partial charge is 0.262 e. The summed E-state index contributed by atoms with van der Waals surface area (Å²) in [4.78, 5) is 15.0. The first-order valence-corrected chi connectivity index (χ1v) is 13.0. The molecule has 0 saturated carbocycles. The van der Waals surface area contributed by atoms with Crippen molar-refractivity contribution in [3.05, 3.63) is 77.4 Å². The maximum absolute atomic E-state index is 13.1. The molecule has 1 N–H and O–H groups in total. The Hall–Kier alpha value is -3.72. The highest BCUT2D eigenvalue weighted by atomic mass is 32.2. The van der Waals surface area contributed by atoms with Gasteiger partial charge in [-0.3, -0.25) is 9.52 Å². The van der Waals surface area contributed by atoms with Crippen LogP contribution in [0, 0.1) is 0 Å². The minimum Gasteiger partial charge on any atom is -0.494 e. The van der Waals surface area contributed by atoms with Crippen LogP contribution >= 0.6 is 0 Å². The van der Waals surface area contributed by atoms with E-state index in [-0.39, 0.29) is 10.8 Å². The van der Waals surface area contributed by atoms with Gasteiger partial charge in [-0.05, 0) is 73.0 Å². The van der Waals surface area contributed by atoms with Crippen LogP contribution in [0.25, 0.3) is 0 Å². The Labute approximate surface area is 204 Å². The van der Waals surface area contributed by atoms with Crippen molar-refractivity contribution in [1.82, 2.24) is 4.90 Å². The normalized spacial score (nSPS) is 14.7. The number of rotatable bonds is 6. The lowest BCUT2D eigenvalue weighted by Gasteiger charge is -2.29. The van der Waals surface area contributed by atoms with E-state index in [1.54, 1.807) is 35.2 Å². The highest BCUT2D eigenvalue weighted by Crippen LogP contribution is 2.33. The molecule has 2 heterocycles. The van der Waals surface area contributed by atoms with E-state index in [1.165, 1.54) is 17.7 Å². The molecule has 35 heavy (non-hydrogen) atoms. The van der Waals surface area contributed by atoms with Crippen molar-refractivity contribution in [1.29, 1.82) is 0 Å². The van der Waals surface area contributed by atoms with Gasteiger partial charge in [-0.25, -0.2) is 8.42 Å². The van der Waals surface area contributed by atoms with Crippen LogP contribution in [0.2, 0.25) is 0 Å². The van der Waals surface area contributed by atoms with Gasteiger partial charge in [-0.1, -0.05) is 6.07 Å². The van der Waals surface area contributed by atoms with E-state index in [4.69, 9.17) is 14.2 Å². The predicted molar refractivity (Wildman–Crippen MR) is 131 cm³/mol. The summed E-state index contributed by atoms with van der Waals surface area (Å²) in [7, 11) is -3.84. The molecule has 0 aliphatic carbocycles. The zero-order chi connectivity index (χ0) is 24.4. The number of hydrogen-bond acceptors (Lipinski definition) is 6. The van der Waals surface area contributed by atoms with E-state index in [0.29, 0.717) is 55.7 Å². The van der Waals surface area contributed by atoms with Crippen molar-refractivity contribution in [2.45, 2.75) is 24.8 Å². The molecule has 5 rings (SSSR count). The molecule has 0 bridgehead atoms. The van der Waals surface area contributed by atoms with Crippen LogP contribution in [-0.2, 0) is 23.0 Å². The van der Waals surface area contributed by atoms with E-state index in [2.05, 4.69) is 10.8 Å². The second-order valence-corrected chi connectivity index (χ2v) is 10.0. The third-order valence-corrected chi connectivity index (χ3v) is 7.38. The summed E-state index contributed by atoms with van der Waals surface area (Å²) < 4.78 is 44.8.